The van der Waals surface area contributed by atoms with Gasteiger partial charge in [0.15, 0.2) is 5.54 Å². The summed E-state index contributed by atoms with van der Waals surface area (Å²) in [6.07, 6.45) is 0. The van der Waals surface area contributed by atoms with Crippen molar-refractivity contribution in [3.63, 3.8) is 0 Å². The molecule has 0 saturated carbocycles. The Morgan fingerprint density at radius 1 is 0.464 bits per heavy atom. The Kier molecular flexibility index (Phi) is 6.65. The van der Waals surface area contributed by atoms with E-state index < -0.39 is 0 Å². The lowest BCUT2D eigenvalue weighted by Gasteiger charge is -2.33. The van der Waals surface area contributed by atoms with Crippen LogP contribution in [-0.4, -0.2) is 0 Å². The van der Waals surface area contributed by atoms with Crippen LogP contribution < -0.4 is 17.7 Å². The van der Waals surface area contributed by atoms with E-state index in [1.807, 2.05) is 0 Å². The first kappa shape index (κ1) is 19.9. The Morgan fingerprint density at radius 2 is 0.786 bits per heavy atom. The molecule has 0 spiro atoms. The van der Waals surface area contributed by atoms with Crippen LogP contribution in [0.4, 0.5) is 0 Å². The Balaban J connectivity index is 0.00000225. The predicted molar refractivity (Wildman–Crippen MR) is 111 cm³/mol. The summed E-state index contributed by atoms with van der Waals surface area (Å²) >= 11 is 0. The van der Waals surface area contributed by atoms with Crippen molar-refractivity contribution in [1.29, 1.82) is 0 Å². The molecule has 0 aliphatic rings. The van der Waals surface area contributed by atoms with E-state index in [0.717, 1.165) is 6.54 Å². The maximum absolute atomic E-state index is 2.46. The van der Waals surface area contributed by atoms with Gasteiger partial charge in [-0.25, -0.2) is 0 Å². The molecule has 0 bridgehead atoms. The van der Waals surface area contributed by atoms with E-state index in [4.69, 9.17) is 0 Å². The molecule has 0 heterocycles. The Hall–Kier alpha value is -2.87. The van der Waals surface area contributed by atoms with Gasteiger partial charge in [0.2, 0.25) is 0 Å². The van der Waals surface area contributed by atoms with Crippen LogP contribution >= 0.6 is 0 Å². The molecule has 4 aromatic rings. The molecule has 0 radical (unpaired) electrons. The Morgan fingerprint density at radius 3 is 1.14 bits per heavy atom. The van der Waals surface area contributed by atoms with Gasteiger partial charge in [-0.3, -0.25) is 0 Å². The van der Waals surface area contributed by atoms with Gasteiger partial charge < -0.3 is 17.7 Å². The maximum Gasteiger partial charge on any atom is 0.173 e. The molecule has 0 aliphatic heterocycles. The zero-order chi connectivity index (χ0) is 18.4. The van der Waals surface area contributed by atoms with Crippen molar-refractivity contribution >= 4 is 0 Å². The van der Waals surface area contributed by atoms with Crippen molar-refractivity contribution in [3.05, 3.63) is 144 Å². The SMILES string of the molecule is [Cl-].c1ccc(C[NH2+]C(c2ccccc2)(c2ccccc2)c2ccccc2)cc1. The summed E-state index contributed by atoms with van der Waals surface area (Å²) in [5.41, 5.74) is 4.90. The first-order chi connectivity index (χ1) is 13.4. The summed E-state index contributed by atoms with van der Waals surface area (Å²) in [6.45, 7) is 0.902. The minimum absolute atomic E-state index is 0. The quantitative estimate of drug-likeness (QED) is 0.487. The van der Waals surface area contributed by atoms with Crippen molar-refractivity contribution in [3.8, 4) is 0 Å². The fraction of sp³-hybridized carbons (Fsp3) is 0.0769. The summed E-state index contributed by atoms with van der Waals surface area (Å²) in [7, 11) is 0. The van der Waals surface area contributed by atoms with Gasteiger partial charge in [-0.2, -0.15) is 0 Å². The van der Waals surface area contributed by atoms with E-state index >= 15 is 0 Å². The molecule has 0 aromatic heterocycles. The second kappa shape index (κ2) is 9.36. The van der Waals surface area contributed by atoms with Gasteiger partial charge in [0.25, 0.3) is 0 Å². The highest BCUT2D eigenvalue weighted by Gasteiger charge is 2.39. The highest BCUT2D eigenvalue weighted by atomic mass is 35.5. The van der Waals surface area contributed by atoms with Gasteiger partial charge >= 0.3 is 0 Å². The van der Waals surface area contributed by atoms with Crippen molar-refractivity contribution in [1.82, 2.24) is 0 Å². The predicted octanol–water partition coefficient (Wildman–Crippen LogP) is 1.75. The fourth-order valence-corrected chi connectivity index (χ4v) is 3.84. The first-order valence-electron chi connectivity index (χ1n) is 9.44. The lowest BCUT2D eigenvalue weighted by atomic mass is 9.77. The number of halogens is 1. The molecule has 0 unspecified atom stereocenters. The number of quaternary nitrogens is 1. The van der Waals surface area contributed by atoms with E-state index in [0.29, 0.717) is 0 Å². The molecule has 2 N–H and O–H groups in total. The molecule has 1 nitrogen and oxygen atoms in total. The van der Waals surface area contributed by atoms with Crippen molar-refractivity contribution in [2.75, 3.05) is 0 Å². The second-order valence-corrected chi connectivity index (χ2v) is 6.80. The van der Waals surface area contributed by atoms with E-state index in [-0.39, 0.29) is 17.9 Å². The van der Waals surface area contributed by atoms with Crippen LogP contribution in [0, 0.1) is 0 Å². The normalized spacial score (nSPS) is 10.9. The van der Waals surface area contributed by atoms with Crippen LogP contribution in [0.15, 0.2) is 121 Å². The maximum atomic E-state index is 2.46. The molecule has 0 fully saturated rings. The van der Waals surface area contributed by atoms with Gasteiger partial charge in [-0.05, 0) is 0 Å². The van der Waals surface area contributed by atoms with Crippen LogP contribution in [0.5, 0.6) is 0 Å². The largest absolute Gasteiger partial charge is 1.00 e. The Bertz CT molecular complexity index is 858. The molecular formula is C26H24ClN. The summed E-state index contributed by atoms with van der Waals surface area (Å²) in [5, 5.41) is 2.46. The topological polar surface area (TPSA) is 16.6 Å². The van der Waals surface area contributed by atoms with Crippen molar-refractivity contribution in [2.45, 2.75) is 12.1 Å². The molecule has 0 aliphatic carbocycles. The van der Waals surface area contributed by atoms with Gasteiger partial charge in [-0.1, -0.05) is 121 Å². The highest BCUT2D eigenvalue weighted by Crippen LogP contribution is 2.33. The number of nitrogens with two attached hydrogens (primary N) is 1. The van der Waals surface area contributed by atoms with Gasteiger partial charge in [0, 0.05) is 22.3 Å². The standard InChI is InChI=1S/C26H23N.ClH/c1-5-13-22(14-6-1)21-27-26(23-15-7-2-8-16-23,24-17-9-3-10-18-24)25-19-11-4-12-20-25;/h1-20,27H,21H2;1H. The number of benzene rings is 4. The molecule has 0 saturated heterocycles. The number of hydrogen-bond acceptors (Lipinski definition) is 0. The molecular weight excluding hydrogens is 362 g/mol. The van der Waals surface area contributed by atoms with Crippen molar-refractivity contribution < 1.29 is 17.7 Å². The minimum Gasteiger partial charge on any atom is -1.00 e. The second-order valence-electron chi connectivity index (χ2n) is 6.80. The zero-order valence-corrected chi connectivity index (χ0v) is 16.5. The van der Waals surface area contributed by atoms with Crippen LogP contribution in [0.3, 0.4) is 0 Å². The molecule has 28 heavy (non-hydrogen) atoms. The summed E-state index contributed by atoms with van der Waals surface area (Å²) < 4.78 is 0. The smallest absolute Gasteiger partial charge is 0.173 e. The molecule has 0 atom stereocenters. The van der Waals surface area contributed by atoms with Crippen LogP contribution in [-0.2, 0) is 12.1 Å². The lowest BCUT2D eigenvalue weighted by molar-refractivity contribution is -0.731. The number of rotatable bonds is 6. The average molecular weight is 386 g/mol. The monoisotopic (exact) mass is 385 g/mol. The van der Waals surface area contributed by atoms with Crippen LogP contribution in [0.25, 0.3) is 0 Å². The molecule has 4 rings (SSSR count). The zero-order valence-electron chi connectivity index (χ0n) is 15.7. The molecule has 4 aromatic carbocycles. The van der Waals surface area contributed by atoms with Gasteiger partial charge in [0.1, 0.15) is 6.54 Å². The van der Waals surface area contributed by atoms with Gasteiger partial charge in [-0.15, -0.1) is 0 Å². The molecule has 2 heteroatoms. The average Bonchev–Trinajstić information content (AvgIpc) is 2.77. The summed E-state index contributed by atoms with van der Waals surface area (Å²) in [6, 6.07) is 43.2. The molecule has 140 valence electrons. The van der Waals surface area contributed by atoms with E-state index in [2.05, 4.69) is 127 Å². The lowest BCUT2D eigenvalue weighted by Crippen LogP contribution is -3.00. The Labute approximate surface area is 173 Å². The molecule has 0 amide bonds. The third-order valence-electron chi connectivity index (χ3n) is 5.17. The van der Waals surface area contributed by atoms with E-state index in [1.165, 1.54) is 22.3 Å². The number of hydrogen-bond donors (Lipinski definition) is 1. The summed E-state index contributed by atoms with van der Waals surface area (Å²) in [4.78, 5) is 0. The fourth-order valence-electron chi connectivity index (χ4n) is 3.84. The van der Waals surface area contributed by atoms with Crippen LogP contribution in [0.1, 0.15) is 22.3 Å². The van der Waals surface area contributed by atoms with E-state index in [1.54, 1.807) is 0 Å². The van der Waals surface area contributed by atoms with Crippen molar-refractivity contribution in [2.24, 2.45) is 0 Å². The summed E-state index contributed by atoms with van der Waals surface area (Å²) in [5.74, 6) is 0. The highest BCUT2D eigenvalue weighted by molar-refractivity contribution is 5.46. The van der Waals surface area contributed by atoms with Gasteiger partial charge in [0.05, 0.1) is 0 Å². The third kappa shape index (κ3) is 4.01. The third-order valence-corrected chi connectivity index (χ3v) is 5.17. The van der Waals surface area contributed by atoms with E-state index in [9.17, 15) is 0 Å². The van der Waals surface area contributed by atoms with Crippen LogP contribution in [0.2, 0.25) is 0 Å². The first-order valence-corrected chi connectivity index (χ1v) is 9.44. The minimum atomic E-state index is -0.292.